The van der Waals surface area contributed by atoms with E-state index < -0.39 is 17.7 Å². The van der Waals surface area contributed by atoms with Crippen molar-refractivity contribution in [3.8, 4) is 0 Å². The van der Waals surface area contributed by atoms with Gasteiger partial charge in [0, 0.05) is 33.1 Å². The molecule has 2 aliphatic heterocycles. The molecule has 18 heavy (non-hydrogen) atoms. The lowest BCUT2D eigenvalue weighted by molar-refractivity contribution is -0.222. The summed E-state index contributed by atoms with van der Waals surface area (Å²) in [6.07, 6.45) is 5.31. The Hall–Kier alpha value is -1.78. The van der Waals surface area contributed by atoms with Crippen molar-refractivity contribution in [1.29, 1.82) is 0 Å². The first kappa shape index (κ1) is 12.7. The summed E-state index contributed by atoms with van der Waals surface area (Å²) in [5.74, 6) is -2.44. The van der Waals surface area contributed by atoms with Crippen molar-refractivity contribution in [2.45, 2.75) is 32.5 Å². The lowest BCUT2D eigenvalue weighted by Crippen LogP contribution is -2.41. The molecule has 2 saturated heterocycles. The number of hydrogen-bond donors (Lipinski definition) is 0. The Bertz CT molecular complexity index is 426. The van der Waals surface area contributed by atoms with E-state index in [1.165, 1.54) is 19.9 Å². The van der Waals surface area contributed by atoms with E-state index in [-0.39, 0.29) is 5.57 Å². The second kappa shape index (κ2) is 4.48. The van der Waals surface area contributed by atoms with Crippen LogP contribution in [-0.4, -0.2) is 36.2 Å². The Kier molecular flexibility index (Phi) is 3.15. The van der Waals surface area contributed by atoms with Gasteiger partial charge >= 0.3 is 11.9 Å². The largest absolute Gasteiger partial charge is 0.419 e. The number of carbonyl (C=O) groups is 2. The molecule has 0 atom stereocenters. The van der Waals surface area contributed by atoms with E-state index in [0.29, 0.717) is 0 Å². The van der Waals surface area contributed by atoms with Gasteiger partial charge in [-0.1, -0.05) is 0 Å². The highest BCUT2D eigenvalue weighted by Gasteiger charge is 2.38. The summed E-state index contributed by atoms with van der Waals surface area (Å²) in [6, 6.07) is 0. The van der Waals surface area contributed by atoms with Crippen molar-refractivity contribution in [1.82, 2.24) is 4.90 Å². The third-order valence-electron chi connectivity index (χ3n) is 2.98. The van der Waals surface area contributed by atoms with Crippen LogP contribution in [0.3, 0.4) is 0 Å². The molecule has 0 amide bonds. The summed E-state index contributed by atoms with van der Waals surface area (Å²) >= 11 is 0. The third-order valence-corrected chi connectivity index (χ3v) is 2.98. The fourth-order valence-electron chi connectivity index (χ4n) is 2.02. The molecule has 0 saturated carbocycles. The molecular weight excluding hydrogens is 234 g/mol. The van der Waals surface area contributed by atoms with E-state index >= 15 is 0 Å². The standard InChI is InChI=1S/C13H17NO4/c1-13(2)17-11(15)10(12(16)18-13)7-6-9-5-4-8-14(9)3/h6-7H,4-5,8H2,1-3H3/b9-6+. The predicted octanol–water partition coefficient (Wildman–Crippen LogP) is 1.36. The quantitative estimate of drug-likeness (QED) is 0.400. The fourth-order valence-corrected chi connectivity index (χ4v) is 2.02. The third kappa shape index (κ3) is 2.55. The Balaban J connectivity index is 2.18. The van der Waals surface area contributed by atoms with E-state index in [1.54, 1.807) is 6.08 Å². The minimum absolute atomic E-state index is 0.0536. The van der Waals surface area contributed by atoms with Gasteiger partial charge < -0.3 is 14.4 Å². The van der Waals surface area contributed by atoms with Crippen LogP contribution < -0.4 is 0 Å². The summed E-state index contributed by atoms with van der Waals surface area (Å²) in [7, 11) is 1.98. The van der Waals surface area contributed by atoms with E-state index in [4.69, 9.17) is 9.47 Å². The first-order valence-electron chi connectivity index (χ1n) is 5.98. The molecule has 0 aromatic rings. The average Bonchev–Trinajstić information content (AvgIpc) is 2.61. The molecule has 0 aliphatic carbocycles. The van der Waals surface area contributed by atoms with E-state index in [1.807, 2.05) is 7.05 Å². The molecule has 5 nitrogen and oxygen atoms in total. The average molecular weight is 251 g/mol. The van der Waals surface area contributed by atoms with Gasteiger partial charge in [-0.2, -0.15) is 0 Å². The summed E-state index contributed by atoms with van der Waals surface area (Å²) in [5, 5.41) is 0. The monoisotopic (exact) mass is 251 g/mol. The minimum atomic E-state index is -1.18. The highest BCUT2D eigenvalue weighted by atomic mass is 16.7. The van der Waals surface area contributed by atoms with Crippen molar-refractivity contribution < 1.29 is 19.1 Å². The number of allylic oxidation sites excluding steroid dienone is 3. The van der Waals surface area contributed by atoms with Crippen LogP contribution in [0.5, 0.6) is 0 Å². The molecule has 5 heteroatoms. The second-order valence-electron chi connectivity index (χ2n) is 4.94. The number of esters is 2. The number of rotatable bonds is 1. The SMILES string of the molecule is CN1CCC/C1=C\C=C1C(=O)OC(C)(C)OC1=O. The van der Waals surface area contributed by atoms with Crippen LogP contribution in [0.2, 0.25) is 0 Å². The van der Waals surface area contributed by atoms with Gasteiger partial charge in [-0.3, -0.25) is 0 Å². The minimum Gasteiger partial charge on any atom is -0.419 e. The summed E-state index contributed by atoms with van der Waals surface area (Å²) in [5.41, 5.74) is 1.05. The molecule has 0 N–H and O–H groups in total. The summed E-state index contributed by atoms with van der Waals surface area (Å²) < 4.78 is 10.0. The van der Waals surface area contributed by atoms with E-state index in [2.05, 4.69) is 4.90 Å². The van der Waals surface area contributed by atoms with Gasteiger partial charge in [0.15, 0.2) is 0 Å². The molecule has 98 valence electrons. The zero-order valence-electron chi connectivity index (χ0n) is 10.9. The topological polar surface area (TPSA) is 55.8 Å². The number of cyclic esters (lactones) is 2. The van der Waals surface area contributed by atoms with Crippen LogP contribution in [0.1, 0.15) is 26.7 Å². The molecule has 0 bridgehead atoms. The smallest absolute Gasteiger partial charge is 0.348 e. The first-order valence-corrected chi connectivity index (χ1v) is 5.98. The molecular formula is C13H17NO4. The molecule has 0 aromatic carbocycles. The molecule has 0 unspecified atom stereocenters. The number of likely N-dealkylation sites (tertiary alicyclic amines) is 1. The van der Waals surface area contributed by atoms with Crippen LogP contribution in [-0.2, 0) is 19.1 Å². The zero-order valence-corrected chi connectivity index (χ0v) is 10.9. The maximum atomic E-state index is 11.7. The van der Waals surface area contributed by atoms with Gasteiger partial charge in [0.05, 0.1) is 0 Å². The first-order chi connectivity index (χ1) is 8.39. The lowest BCUT2D eigenvalue weighted by Gasteiger charge is -2.29. The molecule has 0 spiro atoms. The van der Waals surface area contributed by atoms with Crippen molar-refractivity contribution in [3.05, 3.63) is 23.4 Å². The number of carbonyl (C=O) groups excluding carboxylic acids is 2. The van der Waals surface area contributed by atoms with E-state index in [9.17, 15) is 9.59 Å². The van der Waals surface area contributed by atoms with Gasteiger partial charge in [0.1, 0.15) is 5.57 Å². The van der Waals surface area contributed by atoms with Crippen molar-refractivity contribution >= 4 is 11.9 Å². The lowest BCUT2D eigenvalue weighted by atomic mass is 10.2. The van der Waals surface area contributed by atoms with Gasteiger partial charge in [-0.05, 0) is 25.0 Å². The van der Waals surface area contributed by atoms with Crippen LogP contribution in [0.25, 0.3) is 0 Å². The Labute approximate surface area is 106 Å². The fraction of sp³-hybridized carbons (Fsp3) is 0.538. The molecule has 2 rings (SSSR count). The Morgan fingerprint density at radius 1 is 1.17 bits per heavy atom. The zero-order chi connectivity index (χ0) is 13.3. The van der Waals surface area contributed by atoms with Gasteiger partial charge in [0.25, 0.3) is 5.79 Å². The Morgan fingerprint density at radius 3 is 2.28 bits per heavy atom. The van der Waals surface area contributed by atoms with Gasteiger partial charge in [0.2, 0.25) is 0 Å². The van der Waals surface area contributed by atoms with E-state index in [0.717, 1.165) is 25.1 Å². The van der Waals surface area contributed by atoms with Crippen molar-refractivity contribution in [2.24, 2.45) is 0 Å². The highest BCUT2D eigenvalue weighted by Crippen LogP contribution is 2.24. The maximum Gasteiger partial charge on any atom is 0.348 e. The van der Waals surface area contributed by atoms with Crippen LogP contribution in [0, 0.1) is 0 Å². The number of hydrogen-bond acceptors (Lipinski definition) is 5. The van der Waals surface area contributed by atoms with Crippen LogP contribution in [0.4, 0.5) is 0 Å². The number of nitrogens with zero attached hydrogens (tertiary/aromatic N) is 1. The molecule has 0 radical (unpaired) electrons. The maximum absolute atomic E-state index is 11.7. The summed E-state index contributed by atoms with van der Waals surface area (Å²) in [4.78, 5) is 25.4. The van der Waals surface area contributed by atoms with Crippen molar-refractivity contribution in [2.75, 3.05) is 13.6 Å². The highest BCUT2D eigenvalue weighted by molar-refractivity contribution is 6.15. The molecule has 0 aromatic heterocycles. The number of ether oxygens (including phenoxy) is 2. The second-order valence-corrected chi connectivity index (χ2v) is 4.94. The molecule has 2 heterocycles. The molecule has 2 fully saturated rings. The normalized spacial score (nSPS) is 25.2. The van der Waals surface area contributed by atoms with Crippen LogP contribution in [0.15, 0.2) is 23.4 Å². The Morgan fingerprint density at radius 2 is 1.78 bits per heavy atom. The van der Waals surface area contributed by atoms with Crippen LogP contribution >= 0.6 is 0 Å². The van der Waals surface area contributed by atoms with Gasteiger partial charge in [-0.15, -0.1) is 0 Å². The predicted molar refractivity (Wildman–Crippen MR) is 64.3 cm³/mol. The summed E-state index contributed by atoms with van der Waals surface area (Å²) in [6.45, 7) is 4.06. The molecule has 2 aliphatic rings. The van der Waals surface area contributed by atoms with Crippen molar-refractivity contribution in [3.63, 3.8) is 0 Å². The van der Waals surface area contributed by atoms with Gasteiger partial charge in [-0.25, -0.2) is 9.59 Å².